The number of nitrogens with zero attached hydrogens (tertiary/aromatic N) is 1. The van der Waals surface area contributed by atoms with Crippen LogP contribution in [-0.2, 0) is 9.59 Å². The maximum Gasteiger partial charge on any atom is 0.335 e. The Balaban J connectivity index is 2.09. The molecule has 0 unspecified atom stereocenters. The third-order valence-electron chi connectivity index (χ3n) is 3.70. The van der Waals surface area contributed by atoms with Gasteiger partial charge in [0.25, 0.3) is 5.91 Å². The SMILES string of the molecule is Cc1c(Cl)cccc1N1C(=O)NC(=O)C2(CC2)C1=O. The van der Waals surface area contributed by atoms with Gasteiger partial charge in [0, 0.05) is 5.02 Å². The first kappa shape index (κ1) is 12.2. The molecule has 5 nitrogen and oxygen atoms in total. The summed E-state index contributed by atoms with van der Waals surface area (Å²) >= 11 is 6.01. The van der Waals surface area contributed by atoms with Gasteiger partial charge in [-0.2, -0.15) is 0 Å². The van der Waals surface area contributed by atoms with E-state index in [4.69, 9.17) is 11.6 Å². The molecule has 0 aromatic heterocycles. The number of urea groups is 1. The second-order valence-electron chi connectivity index (χ2n) is 4.87. The third-order valence-corrected chi connectivity index (χ3v) is 4.11. The number of nitrogens with one attached hydrogen (secondary N) is 1. The molecule has 0 radical (unpaired) electrons. The fraction of sp³-hybridized carbons (Fsp3) is 0.308. The zero-order valence-electron chi connectivity index (χ0n) is 10.2. The fourth-order valence-electron chi connectivity index (χ4n) is 2.30. The topological polar surface area (TPSA) is 66.5 Å². The maximum absolute atomic E-state index is 12.4. The lowest BCUT2D eigenvalue weighted by Gasteiger charge is -2.31. The molecule has 1 aliphatic carbocycles. The van der Waals surface area contributed by atoms with Crippen LogP contribution in [0.5, 0.6) is 0 Å². The lowest BCUT2D eigenvalue weighted by molar-refractivity contribution is -0.136. The number of benzene rings is 1. The van der Waals surface area contributed by atoms with E-state index >= 15 is 0 Å². The third kappa shape index (κ3) is 1.58. The lowest BCUT2D eigenvalue weighted by Crippen LogP contribution is -2.59. The van der Waals surface area contributed by atoms with Crippen molar-refractivity contribution < 1.29 is 14.4 Å². The number of hydrogen-bond donors (Lipinski definition) is 1. The van der Waals surface area contributed by atoms with E-state index in [0.717, 1.165) is 4.90 Å². The summed E-state index contributed by atoms with van der Waals surface area (Å²) in [5, 5.41) is 2.71. The number of rotatable bonds is 1. The average Bonchev–Trinajstić information content (AvgIpc) is 3.14. The largest absolute Gasteiger partial charge is 0.335 e. The van der Waals surface area contributed by atoms with Gasteiger partial charge in [-0.05, 0) is 37.5 Å². The highest BCUT2D eigenvalue weighted by Gasteiger charge is 2.62. The van der Waals surface area contributed by atoms with E-state index in [0.29, 0.717) is 29.1 Å². The highest BCUT2D eigenvalue weighted by atomic mass is 35.5. The van der Waals surface area contributed by atoms with Crippen molar-refractivity contribution >= 4 is 35.1 Å². The zero-order valence-corrected chi connectivity index (χ0v) is 11.0. The molecular weight excluding hydrogens is 268 g/mol. The Bertz CT molecular complexity index is 622. The van der Waals surface area contributed by atoms with Gasteiger partial charge in [-0.15, -0.1) is 0 Å². The minimum Gasteiger partial charge on any atom is -0.276 e. The van der Waals surface area contributed by atoms with Crippen LogP contribution in [0.15, 0.2) is 18.2 Å². The molecule has 0 bridgehead atoms. The van der Waals surface area contributed by atoms with Gasteiger partial charge in [0.15, 0.2) is 0 Å². The second kappa shape index (κ2) is 3.81. The molecule has 0 atom stereocenters. The summed E-state index contributed by atoms with van der Waals surface area (Å²) in [5.41, 5.74) is 0.0226. The van der Waals surface area contributed by atoms with Gasteiger partial charge in [-0.3, -0.25) is 14.9 Å². The maximum atomic E-state index is 12.4. The predicted molar refractivity (Wildman–Crippen MR) is 68.9 cm³/mol. The first-order valence-electron chi connectivity index (χ1n) is 5.92. The van der Waals surface area contributed by atoms with Crippen LogP contribution < -0.4 is 10.2 Å². The average molecular weight is 279 g/mol. The molecule has 3 rings (SSSR count). The summed E-state index contributed by atoms with van der Waals surface area (Å²) in [4.78, 5) is 37.1. The molecular formula is C13H11ClN2O3. The normalized spacial score (nSPS) is 20.7. The number of imide groups is 2. The molecule has 1 spiro atoms. The van der Waals surface area contributed by atoms with Crippen molar-refractivity contribution in [3.8, 4) is 0 Å². The highest BCUT2D eigenvalue weighted by Crippen LogP contribution is 2.50. The molecule has 98 valence electrons. The van der Waals surface area contributed by atoms with Gasteiger partial charge < -0.3 is 0 Å². The van der Waals surface area contributed by atoms with E-state index in [1.165, 1.54) is 0 Å². The standard InChI is InChI=1S/C13H11ClN2O3/c1-7-8(14)3-2-4-9(7)16-11(18)13(5-6-13)10(17)15-12(16)19/h2-4H,5-6H2,1H3,(H,15,17,19). The minimum atomic E-state index is -1.04. The molecule has 19 heavy (non-hydrogen) atoms. The quantitative estimate of drug-likeness (QED) is 0.799. The molecule has 1 aliphatic heterocycles. The van der Waals surface area contributed by atoms with Crippen molar-refractivity contribution in [2.24, 2.45) is 5.41 Å². The Kier molecular flexibility index (Phi) is 2.44. The van der Waals surface area contributed by atoms with E-state index in [9.17, 15) is 14.4 Å². The number of amides is 4. The van der Waals surface area contributed by atoms with Crippen molar-refractivity contribution in [1.82, 2.24) is 5.32 Å². The highest BCUT2D eigenvalue weighted by molar-refractivity contribution is 6.34. The van der Waals surface area contributed by atoms with Crippen LogP contribution >= 0.6 is 11.6 Å². The first-order chi connectivity index (χ1) is 8.97. The molecule has 1 saturated heterocycles. The Hall–Kier alpha value is -1.88. The van der Waals surface area contributed by atoms with E-state index in [-0.39, 0.29) is 0 Å². The molecule has 2 aliphatic rings. The first-order valence-corrected chi connectivity index (χ1v) is 6.30. The Morgan fingerprint density at radius 1 is 1.26 bits per heavy atom. The summed E-state index contributed by atoms with van der Waals surface area (Å²) in [7, 11) is 0. The molecule has 1 saturated carbocycles. The van der Waals surface area contributed by atoms with Crippen LogP contribution in [0, 0.1) is 12.3 Å². The lowest BCUT2D eigenvalue weighted by atomic mass is 10.0. The summed E-state index contributed by atoms with van der Waals surface area (Å²) in [5.74, 6) is -0.940. The van der Waals surface area contributed by atoms with Crippen LogP contribution in [0.2, 0.25) is 5.02 Å². The van der Waals surface area contributed by atoms with Gasteiger partial charge >= 0.3 is 6.03 Å². The van der Waals surface area contributed by atoms with Crippen LogP contribution in [0.3, 0.4) is 0 Å². The van der Waals surface area contributed by atoms with Crippen molar-refractivity contribution in [2.45, 2.75) is 19.8 Å². The summed E-state index contributed by atoms with van der Waals surface area (Å²) < 4.78 is 0. The van der Waals surface area contributed by atoms with Crippen LogP contribution in [0.4, 0.5) is 10.5 Å². The summed E-state index contributed by atoms with van der Waals surface area (Å²) in [6.07, 6.45) is 0.974. The molecule has 1 aromatic rings. The van der Waals surface area contributed by atoms with Crippen LogP contribution in [0.1, 0.15) is 18.4 Å². The number of halogens is 1. The van der Waals surface area contributed by atoms with E-state index < -0.39 is 23.3 Å². The van der Waals surface area contributed by atoms with Crippen molar-refractivity contribution in [3.63, 3.8) is 0 Å². The van der Waals surface area contributed by atoms with E-state index in [1.54, 1.807) is 25.1 Å². The Labute approximate surface area is 114 Å². The van der Waals surface area contributed by atoms with Crippen molar-refractivity contribution in [2.75, 3.05) is 4.90 Å². The van der Waals surface area contributed by atoms with Gasteiger partial charge in [-0.1, -0.05) is 17.7 Å². The number of anilines is 1. The number of hydrogen-bond acceptors (Lipinski definition) is 3. The zero-order chi connectivity index (χ0) is 13.8. The molecule has 1 aromatic carbocycles. The number of carbonyl (C=O) groups is 3. The molecule has 2 fully saturated rings. The summed E-state index contributed by atoms with van der Waals surface area (Å²) in [6, 6.07) is 4.29. The Morgan fingerprint density at radius 3 is 2.58 bits per heavy atom. The fourth-order valence-corrected chi connectivity index (χ4v) is 2.47. The van der Waals surface area contributed by atoms with Gasteiger partial charge in [0.1, 0.15) is 5.41 Å². The molecule has 1 heterocycles. The molecule has 4 amide bonds. The van der Waals surface area contributed by atoms with Crippen molar-refractivity contribution in [3.05, 3.63) is 28.8 Å². The van der Waals surface area contributed by atoms with E-state index in [1.807, 2.05) is 0 Å². The predicted octanol–water partition coefficient (Wildman–Crippen LogP) is 2.01. The minimum absolute atomic E-state index is 0.425. The van der Waals surface area contributed by atoms with Gasteiger partial charge in [0.05, 0.1) is 5.69 Å². The monoisotopic (exact) mass is 278 g/mol. The second-order valence-corrected chi connectivity index (χ2v) is 5.27. The number of carbonyl (C=O) groups excluding carboxylic acids is 3. The molecule has 6 heteroatoms. The van der Waals surface area contributed by atoms with Gasteiger partial charge in [-0.25, -0.2) is 9.69 Å². The Morgan fingerprint density at radius 2 is 1.95 bits per heavy atom. The smallest absolute Gasteiger partial charge is 0.276 e. The molecule has 1 N–H and O–H groups in total. The van der Waals surface area contributed by atoms with Crippen LogP contribution in [0.25, 0.3) is 0 Å². The van der Waals surface area contributed by atoms with Crippen molar-refractivity contribution in [1.29, 1.82) is 0 Å². The van der Waals surface area contributed by atoms with Gasteiger partial charge in [0.2, 0.25) is 5.91 Å². The number of barbiturate groups is 1. The van der Waals surface area contributed by atoms with E-state index in [2.05, 4.69) is 5.32 Å². The summed E-state index contributed by atoms with van der Waals surface area (Å²) in [6.45, 7) is 1.73. The van der Waals surface area contributed by atoms with Crippen LogP contribution in [-0.4, -0.2) is 17.8 Å².